The van der Waals surface area contributed by atoms with E-state index in [1.807, 2.05) is 4.72 Å². The molecule has 0 saturated heterocycles. The first-order chi connectivity index (χ1) is 8.13. The fraction of sp³-hybridized carbons (Fsp3) is 0.250. The van der Waals surface area contributed by atoms with Gasteiger partial charge in [-0.2, -0.15) is 8.42 Å². The molecule has 0 fully saturated rings. The van der Waals surface area contributed by atoms with E-state index in [0.717, 1.165) is 6.07 Å². The Morgan fingerprint density at radius 1 is 1.33 bits per heavy atom. The fourth-order valence-corrected chi connectivity index (χ4v) is 2.65. The monoisotopic (exact) mass is 314 g/mol. The van der Waals surface area contributed by atoms with Crippen LogP contribution in [0.1, 0.15) is 6.92 Å². The summed E-state index contributed by atoms with van der Waals surface area (Å²) in [6.07, 6.45) is 0. The molecule has 0 atom stereocenters. The first-order valence-corrected chi connectivity index (χ1v) is 8.51. The molecular formula is C8H11ClN2O5S2. The van der Waals surface area contributed by atoms with Crippen molar-refractivity contribution in [3.8, 4) is 5.75 Å². The Labute approximate surface area is 109 Å². The molecule has 0 aliphatic carbocycles. The number of nitrogens with two attached hydrogens (primary N) is 1. The number of halogens is 1. The molecule has 1 rings (SSSR count). The van der Waals surface area contributed by atoms with Gasteiger partial charge in [-0.15, -0.1) is 0 Å². The first kappa shape index (κ1) is 15.0. The van der Waals surface area contributed by atoms with Crippen LogP contribution in [0, 0.1) is 0 Å². The summed E-state index contributed by atoms with van der Waals surface area (Å²) in [6, 6.07) is 3.62. The lowest BCUT2D eigenvalue weighted by Gasteiger charge is -2.10. The molecule has 102 valence electrons. The Kier molecular flexibility index (Phi) is 4.43. The molecule has 7 nitrogen and oxygen atoms in total. The lowest BCUT2D eigenvalue weighted by atomic mass is 10.3. The third-order valence-electron chi connectivity index (χ3n) is 1.77. The molecule has 0 radical (unpaired) electrons. The quantitative estimate of drug-likeness (QED) is 0.773. The van der Waals surface area contributed by atoms with Crippen molar-refractivity contribution in [1.82, 2.24) is 0 Å². The summed E-state index contributed by atoms with van der Waals surface area (Å²) in [5.74, 6) is 0.0347. The summed E-state index contributed by atoms with van der Waals surface area (Å²) in [6.45, 7) is 1.91. The highest BCUT2D eigenvalue weighted by molar-refractivity contribution is 8.13. The van der Waals surface area contributed by atoms with Gasteiger partial charge in [-0.25, -0.2) is 13.6 Å². The molecule has 10 heteroatoms. The fourth-order valence-electron chi connectivity index (χ4n) is 1.20. The molecule has 0 spiro atoms. The molecule has 0 bridgehead atoms. The highest BCUT2D eigenvalue weighted by Crippen LogP contribution is 2.30. The van der Waals surface area contributed by atoms with Crippen LogP contribution in [0.25, 0.3) is 0 Å². The SMILES string of the molecule is CCOc1ccc(NS(N)(=O)=O)cc1S(=O)(=O)Cl. The zero-order chi connectivity index (χ0) is 14.0. The first-order valence-electron chi connectivity index (χ1n) is 4.65. The van der Waals surface area contributed by atoms with E-state index < -0.39 is 19.3 Å². The summed E-state index contributed by atoms with van der Waals surface area (Å²) in [5, 5.41) is 4.77. The third-order valence-corrected chi connectivity index (χ3v) is 3.63. The molecular weight excluding hydrogens is 304 g/mol. The zero-order valence-electron chi connectivity index (χ0n) is 9.25. The summed E-state index contributed by atoms with van der Waals surface area (Å²) < 4.78 is 51.3. The van der Waals surface area contributed by atoms with Crippen molar-refractivity contribution in [2.45, 2.75) is 11.8 Å². The van der Waals surface area contributed by atoms with Crippen molar-refractivity contribution in [2.75, 3.05) is 11.3 Å². The Morgan fingerprint density at radius 2 is 1.94 bits per heavy atom. The van der Waals surface area contributed by atoms with Crippen molar-refractivity contribution in [3.05, 3.63) is 18.2 Å². The maximum Gasteiger partial charge on any atom is 0.296 e. The molecule has 0 heterocycles. The predicted molar refractivity (Wildman–Crippen MR) is 67.4 cm³/mol. The number of nitrogens with one attached hydrogen (secondary N) is 1. The standard InChI is InChI=1S/C8H11ClN2O5S2/c1-2-16-7-4-3-6(11-18(10,14)15)5-8(7)17(9,12)13/h3-5,11H,2H2,1H3,(H2,10,14,15). The molecule has 0 aliphatic rings. The largest absolute Gasteiger partial charge is 0.492 e. The Balaban J connectivity index is 3.30. The van der Waals surface area contributed by atoms with E-state index in [9.17, 15) is 16.8 Å². The highest BCUT2D eigenvalue weighted by atomic mass is 35.7. The molecule has 0 amide bonds. The van der Waals surface area contributed by atoms with Crippen LogP contribution >= 0.6 is 10.7 Å². The van der Waals surface area contributed by atoms with Crippen molar-refractivity contribution in [3.63, 3.8) is 0 Å². The van der Waals surface area contributed by atoms with Gasteiger partial charge in [0.05, 0.1) is 12.3 Å². The van der Waals surface area contributed by atoms with Gasteiger partial charge >= 0.3 is 0 Å². The van der Waals surface area contributed by atoms with Crippen LogP contribution < -0.4 is 14.6 Å². The van der Waals surface area contributed by atoms with Gasteiger partial charge in [0.2, 0.25) is 0 Å². The second-order valence-electron chi connectivity index (χ2n) is 3.18. The summed E-state index contributed by atoms with van der Waals surface area (Å²) >= 11 is 0. The normalized spacial score (nSPS) is 12.2. The predicted octanol–water partition coefficient (Wildman–Crippen LogP) is 0.628. The van der Waals surface area contributed by atoms with Crippen LogP contribution in [0.5, 0.6) is 5.75 Å². The lowest BCUT2D eigenvalue weighted by molar-refractivity contribution is 0.331. The number of ether oxygens (including phenoxy) is 1. The van der Waals surface area contributed by atoms with E-state index in [1.165, 1.54) is 12.1 Å². The van der Waals surface area contributed by atoms with E-state index in [1.54, 1.807) is 6.92 Å². The van der Waals surface area contributed by atoms with E-state index in [4.69, 9.17) is 20.6 Å². The van der Waals surface area contributed by atoms with Crippen LogP contribution in [-0.2, 0) is 19.3 Å². The van der Waals surface area contributed by atoms with Crippen LogP contribution in [0.4, 0.5) is 5.69 Å². The average Bonchev–Trinajstić information content (AvgIpc) is 2.16. The molecule has 3 N–H and O–H groups in total. The average molecular weight is 315 g/mol. The van der Waals surface area contributed by atoms with E-state index >= 15 is 0 Å². The van der Waals surface area contributed by atoms with Crippen molar-refractivity contribution in [1.29, 1.82) is 0 Å². The number of benzene rings is 1. The minimum atomic E-state index is -4.06. The number of hydrogen-bond donors (Lipinski definition) is 2. The van der Waals surface area contributed by atoms with Gasteiger partial charge < -0.3 is 4.74 Å². The van der Waals surface area contributed by atoms with Gasteiger partial charge in [0.25, 0.3) is 19.3 Å². The summed E-state index contributed by atoms with van der Waals surface area (Å²) in [5.41, 5.74) is -0.0276. The van der Waals surface area contributed by atoms with E-state index in [2.05, 4.69) is 0 Å². The Hall–Kier alpha value is -1.03. The summed E-state index contributed by atoms with van der Waals surface area (Å²) in [4.78, 5) is -0.334. The van der Waals surface area contributed by atoms with E-state index in [-0.39, 0.29) is 22.9 Å². The Morgan fingerprint density at radius 3 is 2.39 bits per heavy atom. The molecule has 0 aliphatic heterocycles. The Bertz CT molecular complexity index is 641. The highest BCUT2D eigenvalue weighted by Gasteiger charge is 2.18. The van der Waals surface area contributed by atoms with E-state index in [0.29, 0.717) is 0 Å². The maximum absolute atomic E-state index is 11.3. The minimum absolute atomic E-state index is 0.0276. The smallest absolute Gasteiger partial charge is 0.296 e. The van der Waals surface area contributed by atoms with Gasteiger partial charge in [-0.3, -0.25) is 4.72 Å². The van der Waals surface area contributed by atoms with Gasteiger partial charge in [0.1, 0.15) is 10.6 Å². The third kappa shape index (κ3) is 4.33. The minimum Gasteiger partial charge on any atom is -0.492 e. The van der Waals surface area contributed by atoms with Crippen molar-refractivity contribution < 1.29 is 21.6 Å². The van der Waals surface area contributed by atoms with Gasteiger partial charge in [-0.1, -0.05) is 0 Å². The molecule has 0 saturated carbocycles. The molecule has 0 aromatic heterocycles. The van der Waals surface area contributed by atoms with Crippen LogP contribution in [0.2, 0.25) is 0 Å². The van der Waals surface area contributed by atoms with Crippen LogP contribution in [0.15, 0.2) is 23.1 Å². The second kappa shape index (κ2) is 5.31. The van der Waals surface area contributed by atoms with Crippen LogP contribution in [-0.4, -0.2) is 23.4 Å². The van der Waals surface area contributed by atoms with Crippen molar-refractivity contribution >= 4 is 35.6 Å². The van der Waals surface area contributed by atoms with Crippen LogP contribution in [0.3, 0.4) is 0 Å². The molecule has 18 heavy (non-hydrogen) atoms. The number of rotatable bonds is 5. The topological polar surface area (TPSA) is 116 Å². The van der Waals surface area contributed by atoms with Gasteiger partial charge in [0.15, 0.2) is 0 Å². The second-order valence-corrected chi connectivity index (χ2v) is 7.01. The number of anilines is 1. The number of hydrogen-bond acceptors (Lipinski definition) is 5. The molecule has 1 aromatic rings. The van der Waals surface area contributed by atoms with Gasteiger partial charge in [0, 0.05) is 10.7 Å². The van der Waals surface area contributed by atoms with Crippen molar-refractivity contribution in [2.24, 2.45) is 5.14 Å². The maximum atomic E-state index is 11.3. The zero-order valence-corrected chi connectivity index (χ0v) is 11.6. The molecule has 1 aromatic carbocycles. The van der Waals surface area contributed by atoms with Gasteiger partial charge in [-0.05, 0) is 25.1 Å². The molecule has 0 unspecified atom stereocenters. The summed E-state index contributed by atoms with van der Waals surface area (Å²) in [7, 11) is -2.83. The lowest BCUT2D eigenvalue weighted by Crippen LogP contribution is -2.21.